The van der Waals surface area contributed by atoms with Gasteiger partial charge in [0.25, 0.3) is 5.91 Å². The summed E-state index contributed by atoms with van der Waals surface area (Å²) in [5.74, 6) is 0.672. The SMILES string of the molecule is COc1cc2nccc(Oc3ccc(N)cc3Cl)c2cc1C(N)=O. The fourth-order valence-electron chi connectivity index (χ4n) is 2.32. The van der Waals surface area contributed by atoms with Crippen LogP contribution in [0.1, 0.15) is 10.4 Å². The van der Waals surface area contributed by atoms with Crippen molar-refractivity contribution in [2.24, 2.45) is 5.73 Å². The fraction of sp³-hybridized carbons (Fsp3) is 0.0588. The monoisotopic (exact) mass is 343 g/mol. The number of amides is 1. The largest absolute Gasteiger partial charge is 0.496 e. The minimum Gasteiger partial charge on any atom is -0.496 e. The molecular weight excluding hydrogens is 330 g/mol. The number of nitrogens with two attached hydrogens (primary N) is 2. The molecule has 3 rings (SSSR count). The molecule has 4 N–H and O–H groups in total. The fourth-order valence-corrected chi connectivity index (χ4v) is 2.54. The average molecular weight is 344 g/mol. The topological polar surface area (TPSA) is 100 Å². The standard InChI is InChI=1S/C17H14ClN3O3/c1-23-16-8-13-10(7-11(16)17(20)22)14(4-5-21-13)24-15-3-2-9(19)6-12(15)18/h2-8H,19H2,1H3,(H2,20,22). The summed E-state index contributed by atoms with van der Waals surface area (Å²) in [6.45, 7) is 0. The number of rotatable bonds is 4. The van der Waals surface area contributed by atoms with Crippen molar-refractivity contribution in [2.45, 2.75) is 0 Å². The summed E-state index contributed by atoms with van der Waals surface area (Å²) in [5, 5.41) is 0.989. The van der Waals surface area contributed by atoms with Crippen LogP contribution in [0.2, 0.25) is 5.02 Å². The quantitative estimate of drug-likeness (QED) is 0.707. The number of benzene rings is 2. The van der Waals surface area contributed by atoms with Crippen molar-refractivity contribution in [1.82, 2.24) is 4.98 Å². The van der Waals surface area contributed by atoms with E-state index in [1.54, 1.807) is 42.6 Å². The van der Waals surface area contributed by atoms with Gasteiger partial charge in [-0.05, 0) is 30.3 Å². The molecule has 0 radical (unpaired) electrons. The third-order valence-electron chi connectivity index (χ3n) is 3.46. The zero-order valence-corrected chi connectivity index (χ0v) is 13.5. The molecule has 24 heavy (non-hydrogen) atoms. The number of nitrogens with zero attached hydrogens (tertiary/aromatic N) is 1. The molecule has 1 heterocycles. The van der Waals surface area contributed by atoms with Crippen LogP contribution in [0.15, 0.2) is 42.6 Å². The number of aromatic nitrogens is 1. The first-order valence-corrected chi connectivity index (χ1v) is 7.37. The molecule has 0 aliphatic carbocycles. The van der Waals surface area contributed by atoms with E-state index in [0.717, 1.165) is 0 Å². The smallest absolute Gasteiger partial charge is 0.252 e. The molecule has 0 saturated heterocycles. The van der Waals surface area contributed by atoms with Crippen LogP contribution in [-0.4, -0.2) is 18.0 Å². The summed E-state index contributed by atoms with van der Waals surface area (Å²) in [5.41, 5.74) is 12.5. The Bertz CT molecular complexity index is 944. The van der Waals surface area contributed by atoms with E-state index in [1.807, 2.05) is 0 Å². The molecule has 0 bridgehead atoms. The van der Waals surface area contributed by atoms with E-state index in [-0.39, 0.29) is 5.56 Å². The van der Waals surface area contributed by atoms with Gasteiger partial charge in [-0.15, -0.1) is 0 Å². The second kappa shape index (κ2) is 6.25. The second-order valence-electron chi connectivity index (χ2n) is 5.03. The molecule has 0 atom stereocenters. The lowest BCUT2D eigenvalue weighted by atomic mass is 10.1. The normalized spacial score (nSPS) is 10.6. The predicted octanol–water partition coefficient (Wildman–Crippen LogP) is 3.37. The van der Waals surface area contributed by atoms with E-state index < -0.39 is 5.91 Å². The maximum Gasteiger partial charge on any atom is 0.252 e. The molecule has 0 fully saturated rings. The Kier molecular flexibility index (Phi) is 4.14. The zero-order chi connectivity index (χ0) is 17.3. The number of hydrogen-bond donors (Lipinski definition) is 2. The lowest BCUT2D eigenvalue weighted by Crippen LogP contribution is -2.12. The highest BCUT2D eigenvalue weighted by molar-refractivity contribution is 6.32. The van der Waals surface area contributed by atoms with Gasteiger partial charge in [-0.25, -0.2) is 0 Å². The Morgan fingerprint density at radius 2 is 1.92 bits per heavy atom. The van der Waals surface area contributed by atoms with Gasteiger partial charge in [0.15, 0.2) is 0 Å². The number of carbonyl (C=O) groups is 1. The first-order chi connectivity index (χ1) is 11.5. The molecule has 3 aromatic rings. The maximum absolute atomic E-state index is 11.6. The third kappa shape index (κ3) is 2.91. The van der Waals surface area contributed by atoms with Crippen molar-refractivity contribution in [3.05, 3.63) is 53.2 Å². The van der Waals surface area contributed by atoms with Crippen molar-refractivity contribution in [2.75, 3.05) is 12.8 Å². The number of halogens is 1. The van der Waals surface area contributed by atoms with Crippen LogP contribution in [0.4, 0.5) is 5.69 Å². The second-order valence-corrected chi connectivity index (χ2v) is 5.44. The van der Waals surface area contributed by atoms with Gasteiger partial charge >= 0.3 is 0 Å². The van der Waals surface area contributed by atoms with E-state index in [2.05, 4.69) is 4.98 Å². The van der Waals surface area contributed by atoms with Crippen LogP contribution in [0.3, 0.4) is 0 Å². The molecule has 7 heteroatoms. The van der Waals surface area contributed by atoms with E-state index in [4.69, 9.17) is 32.5 Å². The van der Waals surface area contributed by atoms with Crippen molar-refractivity contribution in [1.29, 1.82) is 0 Å². The Balaban J connectivity index is 2.14. The van der Waals surface area contributed by atoms with E-state index in [1.165, 1.54) is 7.11 Å². The summed E-state index contributed by atoms with van der Waals surface area (Å²) in [4.78, 5) is 15.9. The summed E-state index contributed by atoms with van der Waals surface area (Å²) >= 11 is 6.15. The molecule has 2 aromatic carbocycles. The predicted molar refractivity (Wildman–Crippen MR) is 92.8 cm³/mol. The van der Waals surface area contributed by atoms with Gasteiger partial charge in [-0.2, -0.15) is 0 Å². The Morgan fingerprint density at radius 3 is 2.58 bits per heavy atom. The number of pyridine rings is 1. The average Bonchev–Trinajstić information content (AvgIpc) is 2.56. The van der Waals surface area contributed by atoms with Gasteiger partial charge in [0.1, 0.15) is 17.2 Å². The van der Waals surface area contributed by atoms with Gasteiger partial charge in [0.05, 0.1) is 23.2 Å². The minimum absolute atomic E-state index is 0.242. The van der Waals surface area contributed by atoms with Gasteiger partial charge in [-0.3, -0.25) is 9.78 Å². The van der Waals surface area contributed by atoms with Crippen LogP contribution in [-0.2, 0) is 0 Å². The van der Waals surface area contributed by atoms with Gasteiger partial charge in [0, 0.05) is 23.3 Å². The van der Waals surface area contributed by atoms with Gasteiger partial charge in [0.2, 0.25) is 0 Å². The zero-order valence-electron chi connectivity index (χ0n) is 12.7. The van der Waals surface area contributed by atoms with E-state index in [9.17, 15) is 4.79 Å². The van der Waals surface area contributed by atoms with Crippen molar-refractivity contribution in [3.63, 3.8) is 0 Å². The Morgan fingerprint density at radius 1 is 1.12 bits per heavy atom. The molecule has 0 aliphatic rings. The molecule has 1 aromatic heterocycles. The molecular formula is C17H14ClN3O3. The highest BCUT2D eigenvalue weighted by Gasteiger charge is 2.15. The van der Waals surface area contributed by atoms with Crippen LogP contribution < -0.4 is 20.9 Å². The molecule has 0 aliphatic heterocycles. The summed E-state index contributed by atoms with van der Waals surface area (Å²) in [6.07, 6.45) is 1.59. The van der Waals surface area contributed by atoms with Gasteiger partial charge in [-0.1, -0.05) is 11.6 Å². The number of carbonyl (C=O) groups excluding carboxylic acids is 1. The van der Waals surface area contributed by atoms with Gasteiger partial charge < -0.3 is 20.9 Å². The van der Waals surface area contributed by atoms with Crippen LogP contribution in [0, 0.1) is 0 Å². The molecule has 6 nitrogen and oxygen atoms in total. The number of fused-ring (bicyclic) bond motifs is 1. The molecule has 0 unspecified atom stereocenters. The van der Waals surface area contributed by atoms with E-state index >= 15 is 0 Å². The molecule has 0 saturated carbocycles. The molecule has 1 amide bonds. The number of methoxy groups -OCH3 is 1. The summed E-state index contributed by atoms with van der Waals surface area (Å²) in [6, 6.07) is 9.84. The van der Waals surface area contributed by atoms with Crippen LogP contribution in [0.25, 0.3) is 10.9 Å². The Labute approximate surface area is 142 Å². The van der Waals surface area contributed by atoms with Crippen molar-refractivity contribution < 1.29 is 14.3 Å². The van der Waals surface area contributed by atoms with Crippen LogP contribution >= 0.6 is 11.6 Å². The van der Waals surface area contributed by atoms with Crippen molar-refractivity contribution in [3.8, 4) is 17.2 Å². The third-order valence-corrected chi connectivity index (χ3v) is 3.76. The summed E-state index contributed by atoms with van der Waals surface area (Å²) < 4.78 is 11.1. The number of anilines is 1. The number of primary amides is 1. The number of hydrogen-bond acceptors (Lipinski definition) is 5. The van der Waals surface area contributed by atoms with E-state index in [0.29, 0.717) is 38.9 Å². The minimum atomic E-state index is -0.603. The Hall–Kier alpha value is -2.99. The first kappa shape index (κ1) is 15.9. The lowest BCUT2D eigenvalue weighted by molar-refractivity contribution is 0.0997. The molecule has 0 spiro atoms. The highest BCUT2D eigenvalue weighted by Crippen LogP contribution is 2.36. The maximum atomic E-state index is 11.6. The lowest BCUT2D eigenvalue weighted by Gasteiger charge is -2.12. The number of ether oxygens (including phenoxy) is 2. The highest BCUT2D eigenvalue weighted by atomic mass is 35.5. The number of nitrogen functional groups attached to an aromatic ring is 1. The molecule has 122 valence electrons. The van der Waals surface area contributed by atoms with Crippen LogP contribution in [0.5, 0.6) is 17.2 Å². The van der Waals surface area contributed by atoms with Crippen molar-refractivity contribution >= 4 is 34.1 Å². The first-order valence-electron chi connectivity index (χ1n) is 6.99. The summed E-state index contributed by atoms with van der Waals surface area (Å²) in [7, 11) is 1.46.